The van der Waals surface area contributed by atoms with Gasteiger partial charge < -0.3 is 4.42 Å². The Morgan fingerprint density at radius 2 is 1.62 bits per heavy atom. The Morgan fingerprint density at radius 3 is 2.25 bits per heavy atom. The lowest BCUT2D eigenvalue weighted by atomic mass is 10.00. The predicted molar refractivity (Wildman–Crippen MR) is 97.2 cm³/mol. The minimum Gasteiger partial charge on any atom is -0.460 e. The highest BCUT2D eigenvalue weighted by atomic mass is 16.3. The summed E-state index contributed by atoms with van der Waals surface area (Å²) in [5.41, 5.74) is 3.30. The Balaban J connectivity index is 2.02. The number of carbonyl (C=O) groups is 1. The molecule has 24 heavy (non-hydrogen) atoms. The molecule has 0 aliphatic heterocycles. The minimum atomic E-state index is -0.0141. The number of aryl methyl sites for hydroxylation is 1. The van der Waals surface area contributed by atoms with Crippen LogP contribution in [0, 0.1) is 0 Å². The van der Waals surface area contributed by atoms with Gasteiger partial charge in [0.1, 0.15) is 11.5 Å². The van der Waals surface area contributed by atoms with Crippen LogP contribution in [0.5, 0.6) is 0 Å². The zero-order chi connectivity index (χ0) is 16.9. The molecule has 0 radical (unpaired) electrons. The van der Waals surface area contributed by atoms with E-state index in [0.29, 0.717) is 16.9 Å². The lowest BCUT2D eigenvalue weighted by molar-refractivity contribution is 0.103. The highest BCUT2D eigenvalue weighted by Crippen LogP contribution is 2.30. The van der Waals surface area contributed by atoms with E-state index < -0.39 is 0 Å². The average molecular weight is 316 g/mol. The van der Waals surface area contributed by atoms with Gasteiger partial charge in [-0.25, -0.2) is 0 Å². The van der Waals surface area contributed by atoms with Gasteiger partial charge in [-0.15, -0.1) is 6.58 Å². The maximum absolute atomic E-state index is 12.9. The fraction of sp³-hybridized carbons (Fsp3) is 0.136. The van der Waals surface area contributed by atoms with Crippen LogP contribution in [0.4, 0.5) is 0 Å². The molecule has 0 aliphatic carbocycles. The maximum atomic E-state index is 12.9. The Kier molecular flexibility index (Phi) is 4.76. The van der Waals surface area contributed by atoms with Crippen LogP contribution in [0.1, 0.15) is 35.0 Å². The van der Waals surface area contributed by atoms with Crippen molar-refractivity contribution in [1.29, 1.82) is 0 Å². The predicted octanol–water partition coefficient (Wildman–Crippen LogP) is 5.69. The molecule has 120 valence electrons. The summed E-state index contributed by atoms with van der Waals surface area (Å²) in [7, 11) is 0. The standard InChI is InChI=1S/C22H20O2/c1-16(2)13-14-19-15-20(21(23)17-9-5-3-6-10-17)22(24-19)18-11-7-4-8-12-18/h3-12,15H,1,13-14H2,2H3. The second-order valence-electron chi connectivity index (χ2n) is 5.97. The van der Waals surface area contributed by atoms with Crippen molar-refractivity contribution in [3.8, 4) is 11.3 Å². The number of ketones is 1. The molecule has 0 amide bonds. The second kappa shape index (κ2) is 7.14. The van der Waals surface area contributed by atoms with Crippen molar-refractivity contribution in [1.82, 2.24) is 0 Å². The third kappa shape index (κ3) is 3.54. The fourth-order valence-corrected chi connectivity index (χ4v) is 2.62. The summed E-state index contributed by atoms with van der Waals surface area (Å²) in [5.74, 6) is 1.44. The van der Waals surface area contributed by atoms with Gasteiger partial charge in [-0.2, -0.15) is 0 Å². The maximum Gasteiger partial charge on any atom is 0.196 e. The zero-order valence-corrected chi connectivity index (χ0v) is 13.8. The molecular weight excluding hydrogens is 296 g/mol. The van der Waals surface area contributed by atoms with Crippen LogP contribution >= 0.6 is 0 Å². The van der Waals surface area contributed by atoms with Gasteiger partial charge in [-0.05, 0) is 19.4 Å². The largest absolute Gasteiger partial charge is 0.460 e. The summed E-state index contributed by atoms with van der Waals surface area (Å²) < 4.78 is 6.03. The van der Waals surface area contributed by atoms with Crippen LogP contribution in [-0.4, -0.2) is 5.78 Å². The monoisotopic (exact) mass is 316 g/mol. The molecule has 0 fully saturated rings. The van der Waals surface area contributed by atoms with Crippen LogP contribution in [0.2, 0.25) is 0 Å². The van der Waals surface area contributed by atoms with E-state index in [9.17, 15) is 4.79 Å². The van der Waals surface area contributed by atoms with Crippen molar-refractivity contribution in [3.63, 3.8) is 0 Å². The van der Waals surface area contributed by atoms with E-state index in [1.807, 2.05) is 73.7 Å². The topological polar surface area (TPSA) is 30.2 Å². The molecule has 2 heteroatoms. The van der Waals surface area contributed by atoms with E-state index in [2.05, 4.69) is 6.58 Å². The van der Waals surface area contributed by atoms with Crippen molar-refractivity contribution >= 4 is 5.78 Å². The third-order valence-corrected chi connectivity index (χ3v) is 3.90. The lowest BCUT2D eigenvalue weighted by Crippen LogP contribution is -2.01. The van der Waals surface area contributed by atoms with E-state index in [1.165, 1.54) is 0 Å². The number of furan rings is 1. The van der Waals surface area contributed by atoms with Crippen molar-refractivity contribution in [2.24, 2.45) is 0 Å². The molecule has 3 aromatic rings. The highest BCUT2D eigenvalue weighted by Gasteiger charge is 2.20. The first-order valence-corrected chi connectivity index (χ1v) is 8.07. The number of carbonyl (C=O) groups excluding carboxylic acids is 1. The SMILES string of the molecule is C=C(C)CCc1cc(C(=O)c2ccccc2)c(-c2ccccc2)o1. The van der Waals surface area contributed by atoms with E-state index >= 15 is 0 Å². The number of hydrogen-bond acceptors (Lipinski definition) is 2. The number of allylic oxidation sites excluding steroid dienone is 1. The van der Waals surface area contributed by atoms with E-state index in [0.717, 1.165) is 29.7 Å². The summed E-state index contributed by atoms with van der Waals surface area (Å²) in [5, 5.41) is 0. The van der Waals surface area contributed by atoms with E-state index in [4.69, 9.17) is 4.42 Å². The summed E-state index contributed by atoms with van der Waals surface area (Å²) in [6.07, 6.45) is 1.60. The van der Waals surface area contributed by atoms with Gasteiger partial charge in [0, 0.05) is 17.5 Å². The van der Waals surface area contributed by atoms with Crippen molar-refractivity contribution in [2.45, 2.75) is 19.8 Å². The van der Waals surface area contributed by atoms with Gasteiger partial charge in [0.05, 0.1) is 5.56 Å². The number of benzene rings is 2. The first-order chi connectivity index (χ1) is 11.6. The molecule has 0 bridgehead atoms. The molecule has 2 nitrogen and oxygen atoms in total. The van der Waals surface area contributed by atoms with Crippen molar-refractivity contribution in [2.75, 3.05) is 0 Å². The summed E-state index contributed by atoms with van der Waals surface area (Å²) in [4.78, 5) is 12.9. The molecule has 0 atom stereocenters. The van der Waals surface area contributed by atoms with Gasteiger partial charge in [0.15, 0.2) is 5.78 Å². The molecule has 0 unspecified atom stereocenters. The van der Waals surface area contributed by atoms with E-state index in [-0.39, 0.29) is 5.78 Å². The zero-order valence-electron chi connectivity index (χ0n) is 13.8. The van der Waals surface area contributed by atoms with Gasteiger partial charge >= 0.3 is 0 Å². The molecule has 0 N–H and O–H groups in total. The fourth-order valence-electron chi connectivity index (χ4n) is 2.62. The number of rotatable bonds is 6. The Bertz CT molecular complexity index is 842. The van der Waals surface area contributed by atoms with Gasteiger partial charge in [-0.3, -0.25) is 4.79 Å². The summed E-state index contributed by atoms with van der Waals surface area (Å²) in [6, 6.07) is 21.0. The molecule has 0 spiro atoms. The lowest BCUT2D eigenvalue weighted by Gasteiger charge is -2.02. The van der Waals surface area contributed by atoms with Crippen molar-refractivity contribution in [3.05, 3.63) is 95.8 Å². The Labute approximate surface area is 142 Å². The van der Waals surface area contributed by atoms with Crippen LogP contribution in [0.15, 0.2) is 83.3 Å². The second-order valence-corrected chi connectivity index (χ2v) is 5.97. The summed E-state index contributed by atoms with van der Waals surface area (Å²) >= 11 is 0. The van der Waals surface area contributed by atoms with Gasteiger partial charge in [-0.1, -0.05) is 66.2 Å². The van der Waals surface area contributed by atoms with Gasteiger partial charge in [0.25, 0.3) is 0 Å². The number of hydrogen-bond donors (Lipinski definition) is 0. The highest BCUT2D eigenvalue weighted by molar-refractivity contribution is 6.12. The minimum absolute atomic E-state index is 0.0141. The molecule has 2 aromatic carbocycles. The molecule has 0 saturated carbocycles. The summed E-state index contributed by atoms with van der Waals surface area (Å²) in [6.45, 7) is 5.93. The molecule has 0 saturated heterocycles. The molecular formula is C22H20O2. The molecule has 0 aliphatic rings. The molecule has 3 rings (SSSR count). The Hall–Kier alpha value is -2.87. The molecule has 1 heterocycles. The average Bonchev–Trinajstić information content (AvgIpc) is 3.05. The first kappa shape index (κ1) is 16.0. The van der Waals surface area contributed by atoms with Gasteiger partial charge in [0.2, 0.25) is 0 Å². The first-order valence-electron chi connectivity index (χ1n) is 8.07. The third-order valence-electron chi connectivity index (χ3n) is 3.90. The van der Waals surface area contributed by atoms with Crippen molar-refractivity contribution < 1.29 is 9.21 Å². The van der Waals surface area contributed by atoms with Crippen LogP contribution in [0.25, 0.3) is 11.3 Å². The van der Waals surface area contributed by atoms with Crippen LogP contribution < -0.4 is 0 Å². The normalized spacial score (nSPS) is 10.5. The quantitative estimate of drug-likeness (QED) is 0.432. The Morgan fingerprint density at radius 1 is 1.00 bits per heavy atom. The smallest absolute Gasteiger partial charge is 0.196 e. The van der Waals surface area contributed by atoms with Crippen LogP contribution in [-0.2, 0) is 6.42 Å². The van der Waals surface area contributed by atoms with Crippen LogP contribution in [0.3, 0.4) is 0 Å². The van der Waals surface area contributed by atoms with E-state index in [1.54, 1.807) is 0 Å². The molecule has 1 aromatic heterocycles.